The van der Waals surface area contributed by atoms with Gasteiger partial charge >= 0.3 is 6.01 Å². The number of hydrogen-bond acceptors (Lipinski definition) is 5. The molecule has 0 aliphatic heterocycles. The van der Waals surface area contributed by atoms with Crippen molar-refractivity contribution in [1.82, 2.24) is 15.0 Å². The van der Waals surface area contributed by atoms with Gasteiger partial charge in [-0.05, 0) is 55.8 Å². The summed E-state index contributed by atoms with van der Waals surface area (Å²) in [5, 5.41) is 2.90. The van der Waals surface area contributed by atoms with Gasteiger partial charge in [0.05, 0.1) is 5.69 Å². The zero-order chi connectivity index (χ0) is 20.9. The minimum absolute atomic E-state index is 0.181. The SMILES string of the molecule is Cc1ccc(C(=O)Nc2ccc(C)c(Oc3nccc(-c4cccnc4)n3)c2)cc1. The average Bonchev–Trinajstić information content (AvgIpc) is 2.77. The smallest absolute Gasteiger partial charge is 0.322 e. The number of pyridine rings is 1. The first-order valence-electron chi connectivity index (χ1n) is 9.48. The van der Waals surface area contributed by atoms with Crippen LogP contribution in [0.1, 0.15) is 21.5 Å². The molecule has 148 valence electrons. The third-order valence-electron chi connectivity index (χ3n) is 4.55. The number of aromatic nitrogens is 3. The summed E-state index contributed by atoms with van der Waals surface area (Å²) in [7, 11) is 0. The summed E-state index contributed by atoms with van der Waals surface area (Å²) < 4.78 is 5.92. The molecule has 2 heterocycles. The van der Waals surface area contributed by atoms with Crippen molar-refractivity contribution in [2.24, 2.45) is 0 Å². The van der Waals surface area contributed by atoms with E-state index in [1.165, 1.54) is 0 Å². The summed E-state index contributed by atoms with van der Waals surface area (Å²) in [6.07, 6.45) is 5.09. The standard InChI is InChI=1S/C24H20N4O2/c1-16-5-8-18(9-6-16)23(29)27-20-10-7-17(2)22(14-20)30-24-26-13-11-21(28-24)19-4-3-12-25-15-19/h3-15H,1-2H3,(H,27,29). The normalized spacial score (nSPS) is 10.5. The predicted molar refractivity (Wildman–Crippen MR) is 116 cm³/mol. The number of aryl methyl sites for hydroxylation is 2. The van der Waals surface area contributed by atoms with Crippen LogP contribution in [0.4, 0.5) is 5.69 Å². The molecule has 1 amide bonds. The van der Waals surface area contributed by atoms with Crippen molar-refractivity contribution in [2.75, 3.05) is 5.32 Å². The molecule has 6 heteroatoms. The monoisotopic (exact) mass is 396 g/mol. The molecule has 2 aromatic heterocycles. The van der Waals surface area contributed by atoms with Gasteiger partial charge in [-0.3, -0.25) is 9.78 Å². The molecule has 2 aromatic carbocycles. The molecule has 0 bridgehead atoms. The Balaban J connectivity index is 1.54. The molecule has 0 aliphatic rings. The van der Waals surface area contributed by atoms with Gasteiger partial charge in [-0.2, -0.15) is 4.98 Å². The first kappa shape index (κ1) is 19.3. The highest BCUT2D eigenvalue weighted by atomic mass is 16.5. The largest absolute Gasteiger partial charge is 0.424 e. The lowest BCUT2D eigenvalue weighted by Crippen LogP contribution is -2.11. The molecular formula is C24H20N4O2. The molecule has 1 N–H and O–H groups in total. The van der Waals surface area contributed by atoms with Gasteiger partial charge in [0.2, 0.25) is 0 Å². The number of nitrogens with zero attached hydrogens (tertiary/aromatic N) is 3. The molecule has 4 aromatic rings. The van der Waals surface area contributed by atoms with Crippen LogP contribution in [-0.2, 0) is 0 Å². The van der Waals surface area contributed by atoms with E-state index in [9.17, 15) is 4.79 Å². The van der Waals surface area contributed by atoms with Crippen molar-refractivity contribution >= 4 is 11.6 Å². The summed E-state index contributed by atoms with van der Waals surface area (Å²) in [6, 6.07) is 18.7. The Morgan fingerprint density at radius 2 is 1.80 bits per heavy atom. The van der Waals surface area contributed by atoms with Crippen molar-refractivity contribution < 1.29 is 9.53 Å². The van der Waals surface area contributed by atoms with Crippen LogP contribution in [-0.4, -0.2) is 20.9 Å². The van der Waals surface area contributed by atoms with Crippen LogP contribution in [0.15, 0.2) is 79.3 Å². The van der Waals surface area contributed by atoms with Gasteiger partial charge in [-0.25, -0.2) is 4.98 Å². The quantitative estimate of drug-likeness (QED) is 0.502. The molecular weight excluding hydrogens is 376 g/mol. The fraction of sp³-hybridized carbons (Fsp3) is 0.0833. The van der Waals surface area contributed by atoms with E-state index in [0.29, 0.717) is 17.0 Å². The first-order valence-corrected chi connectivity index (χ1v) is 9.48. The zero-order valence-corrected chi connectivity index (χ0v) is 16.7. The van der Waals surface area contributed by atoms with Crippen LogP contribution in [0.5, 0.6) is 11.8 Å². The van der Waals surface area contributed by atoms with E-state index in [2.05, 4.69) is 20.3 Å². The molecule has 0 radical (unpaired) electrons. The van der Waals surface area contributed by atoms with Crippen LogP contribution < -0.4 is 10.1 Å². The average molecular weight is 396 g/mol. The molecule has 0 spiro atoms. The van der Waals surface area contributed by atoms with Crippen LogP contribution in [0.3, 0.4) is 0 Å². The number of carbonyl (C=O) groups excluding carboxylic acids is 1. The fourth-order valence-electron chi connectivity index (χ4n) is 2.86. The maximum absolute atomic E-state index is 12.5. The number of amides is 1. The second kappa shape index (κ2) is 8.53. The van der Waals surface area contributed by atoms with E-state index in [4.69, 9.17) is 4.74 Å². The van der Waals surface area contributed by atoms with Crippen molar-refractivity contribution in [3.63, 3.8) is 0 Å². The van der Waals surface area contributed by atoms with Crippen LogP contribution in [0.25, 0.3) is 11.3 Å². The lowest BCUT2D eigenvalue weighted by atomic mass is 10.1. The molecule has 0 fully saturated rings. The Kier molecular flexibility index (Phi) is 5.48. The Morgan fingerprint density at radius 1 is 0.967 bits per heavy atom. The molecule has 30 heavy (non-hydrogen) atoms. The maximum Gasteiger partial charge on any atom is 0.322 e. The number of ether oxygens (including phenoxy) is 1. The van der Waals surface area contributed by atoms with E-state index in [0.717, 1.165) is 22.4 Å². The summed E-state index contributed by atoms with van der Waals surface area (Å²) >= 11 is 0. The van der Waals surface area contributed by atoms with Crippen molar-refractivity contribution in [3.05, 3.63) is 95.9 Å². The lowest BCUT2D eigenvalue weighted by molar-refractivity contribution is 0.102. The minimum atomic E-state index is -0.181. The summed E-state index contributed by atoms with van der Waals surface area (Å²) in [6.45, 7) is 3.91. The summed E-state index contributed by atoms with van der Waals surface area (Å²) in [5.74, 6) is 0.389. The molecule has 4 rings (SSSR count). The highest BCUT2D eigenvalue weighted by molar-refractivity contribution is 6.04. The van der Waals surface area contributed by atoms with Gasteiger partial charge in [0.25, 0.3) is 5.91 Å². The van der Waals surface area contributed by atoms with Crippen LogP contribution in [0.2, 0.25) is 0 Å². The Bertz CT molecular complexity index is 1180. The topological polar surface area (TPSA) is 77.0 Å². The van der Waals surface area contributed by atoms with Crippen molar-refractivity contribution in [2.45, 2.75) is 13.8 Å². The van der Waals surface area contributed by atoms with Crippen molar-refractivity contribution in [3.8, 4) is 23.0 Å². The zero-order valence-electron chi connectivity index (χ0n) is 16.7. The molecule has 0 aliphatic carbocycles. The second-order valence-corrected chi connectivity index (χ2v) is 6.87. The first-order chi connectivity index (χ1) is 14.6. The van der Waals surface area contributed by atoms with Gasteiger partial charge in [-0.15, -0.1) is 0 Å². The third kappa shape index (κ3) is 4.50. The number of nitrogens with one attached hydrogen (secondary N) is 1. The summed E-state index contributed by atoms with van der Waals surface area (Å²) in [4.78, 5) is 25.3. The number of carbonyl (C=O) groups is 1. The van der Waals surface area contributed by atoms with E-state index in [1.807, 2.05) is 50.2 Å². The predicted octanol–water partition coefficient (Wildman–Crippen LogP) is 5.20. The summed E-state index contributed by atoms with van der Waals surface area (Å²) in [5.41, 5.74) is 4.82. The number of hydrogen-bond donors (Lipinski definition) is 1. The Hall–Kier alpha value is -4.06. The molecule has 0 atom stereocenters. The van der Waals surface area contributed by atoms with Crippen LogP contribution in [0, 0.1) is 13.8 Å². The van der Waals surface area contributed by atoms with Crippen LogP contribution >= 0.6 is 0 Å². The van der Waals surface area contributed by atoms with Gasteiger partial charge in [-0.1, -0.05) is 23.8 Å². The van der Waals surface area contributed by atoms with Gasteiger partial charge in [0.15, 0.2) is 0 Å². The maximum atomic E-state index is 12.5. The van der Waals surface area contributed by atoms with E-state index < -0.39 is 0 Å². The van der Waals surface area contributed by atoms with Gasteiger partial charge < -0.3 is 10.1 Å². The third-order valence-corrected chi connectivity index (χ3v) is 4.55. The molecule has 0 saturated carbocycles. The Labute approximate surface area is 174 Å². The Morgan fingerprint density at radius 3 is 2.57 bits per heavy atom. The highest BCUT2D eigenvalue weighted by Gasteiger charge is 2.10. The van der Waals surface area contributed by atoms with E-state index >= 15 is 0 Å². The molecule has 6 nitrogen and oxygen atoms in total. The van der Waals surface area contributed by atoms with Gasteiger partial charge in [0.1, 0.15) is 5.75 Å². The number of benzene rings is 2. The number of anilines is 1. The molecule has 0 saturated heterocycles. The highest BCUT2D eigenvalue weighted by Crippen LogP contribution is 2.27. The second-order valence-electron chi connectivity index (χ2n) is 6.87. The molecule has 0 unspecified atom stereocenters. The number of rotatable bonds is 5. The van der Waals surface area contributed by atoms with Gasteiger partial charge in [0, 0.05) is 41.5 Å². The minimum Gasteiger partial charge on any atom is -0.424 e. The van der Waals surface area contributed by atoms with E-state index in [-0.39, 0.29) is 11.9 Å². The van der Waals surface area contributed by atoms with E-state index in [1.54, 1.807) is 42.9 Å². The lowest BCUT2D eigenvalue weighted by Gasteiger charge is -2.11. The fourth-order valence-corrected chi connectivity index (χ4v) is 2.86. The van der Waals surface area contributed by atoms with Crippen molar-refractivity contribution in [1.29, 1.82) is 0 Å².